The molecule has 5 rings (SSSR count). The van der Waals surface area contributed by atoms with E-state index < -0.39 is 5.66 Å². The number of nitrogens with zero attached hydrogens (tertiary/aromatic N) is 3. The predicted octanol–water partition coefficient (Wildman–Crippen LogP) is 3.22. The van der Waals surface area contributed by atoms with E-state index in [1.165, 1.54) is 0 Å². The van der Waals surface area contributed by atoms with Crippen molar-refractivity contribution < 1.29 is 9.53 Å². The first-order valence-corrected chi connectivity index (χ1v) is 10.7. The van der Waals surface area contributed by atoms with Crippen LogP contribution in [0, 0.1) is 0 Å². The van der Waals surface area contributed by atoms with Crippen molar-refractivity contribution in [3.8, 4) is 5.75 Å². The summed E-state index contributed by atoms with van der Waals surface area (Å²) >= 11 is 5.87. The molecule has 1 spiro atoms. The Kier molecular flexibility index (Phi) is 4.94. The molecule has 0 radical (unpaired) electrons. The molecule has 160 valence electrons. The Morgan fingerprint density at radius 3 is 2.74 bits per heavy atom. The molecule has 8 nitrogen and oxygen atoms in total. The number of carbonyl (C=O) groups excluding carboxylic acids is 1. The molecular weight excluding hydrogens is 416 g/mol. The van der Waals surface area contributed by atoms with Crippen LogP contribution in [0.4, 0.5) is 5.95 Å². The Balaban J connectivity index is 1.25. The second-order valence-corrected chi connectivity index (χ2v) is 8.38. The van der Waals surface area contributed by atoms with Crippen LogP contribution in [-0.2, 0) is 10.5 Å². The van der Waals surface area contributed by atoms with E-state index in [0.29, 0.717) is 22.7 Å². The van der Waals surface area contributed by atoms with Crippen molar-refractivity contribution in [3.63, 3.8) is 0 Å². The van der Waals surface area contributed by atoms with Crippen LogP contribution in [0.1, 0.15) is 25.7 Å². The van der Waals surface area contributed by atoms with Gasteiger partial charge in [0.2, 0.25) is 5.95 Å². The summed E-state index contributed by atoms with van der Waals surface area (Å²) < 4.78 is 7.70. The van der Waals surface area contributed by atoms with Gasteiger partial charge in [-0.05, 0) is 62.1 Å². The van der Waals surface area contributed by atoms with Crippen LogP contribution in [-0.4, -0.2) is 34.1 Å². The molecule has 9 heteroatoms. The average Bonchev–Trinajstić information content (AvgIpc) is 3.14. The van der Waals surface area contributed by atoms with Crippen molar-refractivity contribution in [3.05, 3.63) is 53.6 Å². The molecule has 0 saturated heterocycles. The van der Waals surface area contributed by atoms with E-state index in [4.69, 9.17) is 27.1 Å². The van der Waals surface area contributed by atoms with Crippen LogP contribution in [0.3, 0.4) is 0 Å². The zero-order chi connectivity index (χ0) is 21.4. The highest BCUT2D eigenvalue weighted by atomic mass is 35.5. The molecule has 1 amide bonds. The zero-order valence-electron chi connectivity index (χ0n) is 16.8. The minimum atomic E-state index is -0.484. The Bertz CT molecular complexity index is 1150. The minimum Gasteiger partial charge on any atom is -0.484 e. The summed E-state index contributed by atoms with van der Waals surface area (Å²) in [7, 11) is 0. The number of guanidine groups is 1. The number of para-hydroxylation sites is 2. The lowest BCUT2D eigenvalue weighted by atomic mass is 9.85. The lowest BCUT2D eigenvalue weighted by Crippen LogP contribution is -2.48. The molecule has 4 N–H and O–H groups in total. The smallest absolute Gasteiger partial charge is 0.258 e. The molecule has 1 fully saturated rings. The van der Waals surface area contributed by atoms with Crippen molar-refractivity contribution in [1.82, 2.24) is 14.9 Å². The number of imidazole rings is 1. The largest absolute Gasteiger partial charge is 0.484 e. The molecule has 0 bridgehead atoms. The molecule has 0 atom stereocenters. The number of rotatable bonds is 4. The van der Waals surface area contributed by atoms with Crippen LogP contribution in [0.2, 0.25) is 5.02 Å². The molecule has 2 heterocycles. The van der Waals surface area contributed by atoms with Gasteiger partial charge in [-0.3, -0.25) is 14.7 Å². The highest BCUT2D eigenvalue weighted by Gasteiger charge is 2.42. The fraction of sp³-hybridized carbons (Fsp3) is 0.318. The number of carbonyl (C=O) groups is 1. The summed E-state index contributed by atoms with van der Waals surface area (Å²) in [5.41, 5.74) is 7.54. The van der Waals surface area contributed by atoms with Gasteiger partial charge in [0.05, 0.1) is 11.0 Å². The van der Waals surface area contributed by atoms with Gasteiger partial charge < -0.3 is 15.8 Å². The molecular formula is C22H23ClN6O2. The number of hydrogen-bond acceptors (Lipinski definition) is 6. The second-order valence-electron chi connectivity index (χ2n) is 7.95. The number of nitrogens with two attached hydrogens (primary N) is 1. The quantitative estimate of drug-likeness (QED) is 0.579. The number of aromatic nitrogens is 2. The van der Waals surface area contributed by atoms with Gasteiger partial charge in [0.25, 0.3) is 5.91 Å². The van der Waals surface area contributed by atoms with Crippen molar-refractivity contribution in [2.45, 2.75) is 37.4 Å². The third-order valence-corrected chi connectivity index (χ3v) is 6.13. The summed E-state index contributed by atoms with van der Waals surface area (Å²) in [4.78, 5) is 21.8. The third-order valence-electron chi connectivity index (χ3n) is 5.88. The summed E-state index contributed by atoms with van der Waals surface area (Å²) in [6.45, 7) is -0.0331. The highest BCUT2D eigenvalue weighted by molar-refractivity contribution is 6.30. The lowest BCUT2D eigenvalue weighted by molar-refractivity contribution is -0.124. The van der Waals surface area contributed by atoms with Crippen LogP contribution in [0.25, 0.3) is 11.0 Å². The monoisotopic (exact) mass is 438 g/mol. The SMILES string of the molecule is NC1=NC2(CCC(NC(=O)COc3ccc(Cl)cc3)CC2)n2c(nc3ccccc32)N1. The van der Waals surface area contributed by atoms with Crippen molar-refractivity contribution in [2.75, 3.05) is 11.9 Å². The molecule has 1 aliphatic heterocycles. The van der Waals surface area contributed by atoms with E-state index >= 15 is 0 Å². The predicted molar refractivity (Wildman–Crippen MR) is 120 cm³/mol. The van der Waals surface area contributed by atoms with Crippen molar-refractivity contribution in [2.24, 2.45) is 10.7 Å². The number of amides is 1. The summed E-state index contributed by atoms with van der Waals surface area (Å²) in [6, 6.07) is 15.0. The van der Waals surface area contributed by atoms with E-state index in [1.807, 2.05) is 24.3 Å². The number of aliphatic imine (C=N–C) groups is 1. The number of halogens is 1. The van der Waals surface area contributed by atoms with Gasteiger partial charge in [0.15, 0.2) is 12.6 Å². The first-order valence-electron chi connectivity index (χ1n) is 10.3. The maximum Gasteiger partial charge on any atom is 0.258 e. The van der Waals surface area contributed by atoms with E-state index in [1.54, 1.807) is 24.3 Å². The molecule has 3 aromatic rings. The lowest BCUT2D eigenvalue weighted by Gasteiger charge is -2.41. The maximum atomic E-state index is 12.4. The van der Waals surface area contributed by atoms with Gasteiger partial charge in [0, 0.05) is 11.1 Å². The Morgan fingerprint density at radius 2 is 1.97 bits per heavy atom. The molecule has 0 unspecified atom stereocenters. The normalized spacial score (nSPS) is 22.5. The highest BCUT2D eigenvalue weighted by Crippen LogP contribution is 2.42. The fourth-order valence-electron chi connectivity index (χ4n) is 4.46. The number of hydrogen-bond donors (Lipinski definition) is 3. The van der Waals surface area contributed by atoms with Gasteiger partial charge in [-0.1, -0.05) is 23.7 Å². The van der Waals surface area contributed by atoms with Gasteiger partial charge in [0.1, 0.15) is 11.4 Å². The molecule has 31 heavy (non-hydrogen) atoms. The third kappa shape index (κ3) is 3.79. The molecule has 1 aromatic heterocycles. The number of benzene rings is 2. The first-order chi connectivity index (χ1) is 15.0. The summed E-state index contributed by atoms with van der Waals surface area (Å²) in [5.74, 6) is 1.56. The summed E-state index contributed by atoms with van der Waals surface area (Å²) in [6.07, 6.45) is 3.09. The van der Waals surface area contributed by atoms with Crippen LogP contribution in [0.15, 0.2) is 53.5 Å². The van der Waals surface area contributed by atoms with Crippen LogP contribution >= 0.6 is 11.6 Å². The fourth-order valence-corrected chi connectivity index (χ4v) is 4.58. The minimum absolute atomic E-state index is 0.0331. The van der Waals surface area contributed by atoms with Crippen molar-refractivity contribution >= 4 is 40.4 Å². The van der Waals surface area contributed by atoms with Gasteiger partial charge in [-0.2, -0.15) is 0 Å². The van der Waals surface area contributed by atoms with Crippen LogP contribution < -0.4 is 21.1 Å². The Labute approximate surface area is 184 Å². The Hall–Kier alpha value is -3.26. The zero-order valence-corrected chi connectivity index (χ0v) is 17.6. The summed E-state index contributed by atoms with van der Waals surface area (Å²) in [5, 5.41) is 6.79. The van der Waals surface area contributed by atoms with Gasteiger partial charge >= 0.3 is 0 Å². The average molecular weight is 439 g/mol. The van der Waals surface area contributed by atoms with Crippen molar-refractivity contribution in [1.29, 1.82) is 0 Å². The van der Waals surface area contributed by atoms with E-state index in [9.17, 15) is 4.79 Å². The molecule has 1 aliphatic carbocycles. The van der Waals surface area contributed by atoms with Gasteiger partial charge in [-0.15, -0.1) is 0 Å². The maximum absolute atomic E-state index is 12.4. The van der Waals surface area contributed by atoms with E-state index in [2.05, 4.69) is 20.2 Å². The number of fused-ring (bicyclic) bond motifs is 4. The standard InChI is InChI=1S/C22H23ClN6O2/c23-14-5-7-16(8-6-14)31-13-19(30)25-15-9-11-22(12-10-15)28-20(24)27-21-26-17-3-1-2-4-18(17)29(21)22/h1-8,15H,9-13H2,(H,25,30)(H3,24,26,27,28). The number of anilines is 1. The molecule has 1 saturated carbocycles. The van der Waals surface area contributed by atoms with E-state index in [-0.39, 0.29) is 18.6 Å². The number of ether oxygens (including phenoxy) is 1. The second kappa shape index (κ2) is 7.77. The van der Waals surface area contributed by atoms with Gasteiger partial charge in [-0.25, -0.2) is 9.98 Å². The first kappa shape index (κ1) is 19.7. The molecule has 2 aromatic carbocycles. The topological polar surface area (TPSA) is 107 Å². The number of nitrogens with one attached hydrogen (secondary N) is 2. The molecule has 2 aliphatic rings. The Morgan fingerprint density at radius 1 is 1.23 bits per heavy atom. The van der Waals surface area contributed by atoms with E-state index in [0.717, 1.165) is 36.7 Å². The van der Waals surface area contributed by atoms with Crippen LogP contribution in [0.5, 0.6) is 5.75 Å².